The van der Waals surface area contributed by atoms with Gasteiger partial charge >= 0.3 is 12.0 Å². The second kappa shape index (κ2) is 9.94. The number of hydrogen-bond donors (Lipinski definition) is 3. The molecule has 0 fully saturated rings. The van der Waals surface area contributed by atoms with Gasteiger partial charge in [0, 0.05) is 18.5 Å². The second-order valence-electron chi connectivity index (χ2n) is 5.00. The molecule has 0 spiro atoms. The molecular weight excluding hydrogens is 356 g/mol. The Labute approximate surface area is 154 Å². The number of hydrogen-bond acceptors (Lipinski definition) is 7. The summed E-state index contributed by atoms with van der Waals surface area (Å²) in [6.07, 6.45) is 1.47. The number of nitrogens with one attached hydrogen (secondary N) is 3. The lowest BCUT2D eigenvalue weighted by Crippen LogP contribution is -2.41. The highest BCUT2D eigenvalue weighted by molar-refractivity contribution is 7.13. The van der Waals surface area contributed by atoms with E-state index in [1.54, 1.807) is 0 Å². The number of benzene rings is 1. The highest BCUT2D eigenvalue weighted by Gasteiger charge is 2.15. The van der Waals surface area contributed by atoms with E-state index in [4.69, 9.17) is 4.74 Å². The van der Waals surface area contributed by atoms with Gasteiger partial charge in [0.25, 0.3) is 5.91 Å². The molecule has 0 saturated carbocycles. The SMILES string of the molecule is C=CCNC(=O)NC(=O)COC(=O)c1csc(NCc2ccccc2)n1. The Kier molecular flexibility index (Phi) is 7.31. The number of esters is 1. The van der Waals surface area contributed by atoms with Crippen LogP contribution in [0.4, 0.5) is 9.93 Å². The molecule has 26 heavy (non-hydrogen) atoms. The minimum atomic E-state index is -0.740. The van der Waals surface area contributed by atoms with Gasteiger partial charge in [0.1, 0.15) is 0 Å². The van der Waals surface area contributed by atoms with Gasteiger partial charge in [-0.25, -0.2) is 14.6 Å². The van der Waals surface area contributed by atoms with Crippen LogP contribution < -0.4 is 16.0 Å². The predicted molar refractivity (Wildman–Crippen MR) is 97.9 cm³/mol. The third kappa shape index (κ3) is 6.36. The summed E-state index contributed by atoms with van der Waals surface area (Å²) < 4.78 is 4.84. The smallest absolute Gasteiger partial charge is 0.358 e. The molecule has 1 aromatic carbocycles. The molecule has 136 valence electrons. The summed E-state index contributed by atoms with van der Waals surface area (Å²) in [4.78, 5) is 38.8. The van der Waals surface area contributed by atoms with Crippen LogP contribution in [0.1, 0.15) is 16.1 Å². The highest BCUT2D eigenvalue weighted by atomic mass is 32.1. The molecule has 0 unspecified atom stereocenters. The summed E-state index contributed by atoms with van der Waals surface area (Å²) in [5.74, 6) is -1.48. The number of rotatable bonds is 8. The number of amides is 3. The van der Waals surface area contributed by atoms with Gasteiger partial charge in [0.05, 0.1) is 0 Å². The zero-order chi connectivity index (χ0) is 18.8. The zero-order valence-electron chi connectivity index (χ0n) is 13.9. The van der Waals surface area contributed by atoms with Crippen LogP contribution in [-0.2, 0) is 16.1 Å². The lowest BCUT2D eigenvalue weighted by molar-refractivity contribution is -0.123. The Hall–Kier alpha value is -3.20. The number of ether oxygens (including phenoxy) is 1. The molecule has 9 heteroatoms. The number of aromatic nitrogens is 1. The molecule has 0 aliphatic carbocycles. The van der Waals surface area contributed by atoms with Crippen molar-refractivity contribution < 1.29 is 19.1 Å². The first-order chi connectivity index (χ1) is 12.6. The Morgan fingerprint density at radius 2 is 2.00 bits per heavy atom. The first-order valence-electron chi connectivity index (χ1n) is 7.67. The van der Waals surface area contributed by atoms with E-state index in [0.717, 1.165) is 5.56 Å². The molecule has 0 bridgehead atoms. The van der Waals surface area contributed by atoms with Crippen molar-refractivity contribution in [3.05, 3.63) is 59.6 Å². The van der Waals surface area contributed by atoms with Gasteiger partial charge in [-0.3, -0.25) is 10.1 Å². The van der Waals surface area contributed by atoms with E-state index in [-0.39, 0.29) is 12.2 Å². The maximum absolute atomic E-state index is 11.9. The lowest BCUT2D eigenvalue weighted by atomic mass is 10.2. The number of carbonyl (C=O) groups is 3. The van der Waals surface area contributed by atoms with Crippen LogP contribution in [0.2, 0.25) is 0 Å². The normalized spacial score (nSPS) is 9.85. The van der Waals surface area contributed by atoms with Crippen LogP contribution in [0.3, 0.4) is 0 Å². The monoisotopic (exact) mass is 374 g/mol. The Balaban J connectivity index is 1.75. The molecule has 0 radical (unpaired) electrons. The Bertz CT molecular complexity index is 776. The van der Waals surface area contributed by atoms with Crippen molar-refractivity contribution in [2.45, 2.75) is 6.54 Å². The van der Waals surface area contributed by atoms with Gasteiger partial charge in [0.15, 0.2) is 17.4 Å². The van der Waals surface area contributed by atoms with E-state index in [1.807, 2.05) is 35.6 Å². The number of thiazole rings is 1. The van der Waals surface area contributed by atoms with Crippen LogP contribution in [0.5, 0.6) is 0 Å². The molecule has 0 atom stereocenters. The summed E-state index contributed by atoms with van der Waals surface area (Å²) in [7, 11) is 0. The minimum Gasteiger partial charge on any atom is -0.451 e. The van der Waals surface area contributed by atoms with Gasteiger partial charge in [-0.15, -0.1) is 17.9 Å². The van der Waals surface area contributed by atoms with E-state index < -0.39 is 24.5 Å². The zero-order valence-corrected chi connectivity index (χ0v) is 14.7. The third-order valence-corrected chi connectivity index (χ3v) is 3.79. The Morgan fingerprint density at radius 1 is 1.23 bits per heavy atom. The predicted octanol–water partition coefficient (Wildman–Crippen LogP) is 1.92. The average molecular weight is 374 g/mol. The van der Waals surface area contributed by atoms with Crippen LogP contribution in [0.25, 0.3) is 0 Å². The van der Waals surface area contributed by atoms with Gasteiger partial charge in [-0.2, -0.15) is 0 Å². The van der Waals surface area contributed by atoms with Crippen LogP contribution >= 0.6 is 11.3 Å². The van der Waals surface area contributed by atoms with Gasteiger partial charge < -0.3 is 15.4 Å². The van der Waals surface area contributed by atoms with E-state index in [9.17, 15) is 14.4 Å². The topological polar surface area (TPSA) is 109 Å². The van der Waals surface area contributed by atoms with Crippen LogP contribution in [0, 0.1) is 0 Å². The van der Waals surface area contributed by atoms with Crippen molar-refractivity contribution in [2.24, 2.45) is 0 Å². The molecule has 8 nitrogen and oxygen atoms in total. The number of urea groups is 1. The molecule has 1 heterocycles. The van der Waals surface area contributed by atoms with E-state index in [2.05, 4.69) is 22.2 Å². The van der Waals surface area contributed by atoms with Gasteiger partial charge in [-0.1, -0.05) is 36.4 Å². The number of nitrogens with zero attached hydrogens (tertiary/aromatic N) is 1. The van der Waals surface area contributed by atoms with Crippen molar-refractivity contribution in [1.29, 1.82) is 0 Å². The minimum absolute atomic E-state index is 0.0921. The third-order valence-electron chi connectivity index (χ3n) is 2.99. The highest BCUT2D eigenvalue weighted by Crippen LogP contribution is 2.17. The van der Waals surface area contributed by atoms with Crippen molar-refractivity contribution in [3.8, 4) is 0 Å². The van der Waals surface area contributed by atoms with Crippen molar-refractivity contribution >= 4 is 34.4 Å². The molecule has 0 saturated heterocycles. The van der Waals surface area contributed by atoms with Crippen molar-refractivity contribution in [1.82, 2.24) is 15.6 Å². The molecule has 0 aliphatic heterocycles. The molecule has 1 aromatic heterocycles. The average Bonchev–Trinajstić information content (AvgIpc) is 3.13. The molecule has 2 rings (SSSR count). The number of imide groups is 1. The second-order valence-corrected chi connectivity index (χ2v) is 5.86. The maximum Gasteiger partial charge on any atom is 0.358 e. The molecular formula is C17H18N4O4S. The fourth-order valence-electron chi connectivity index (χ4n) is 1.80. The largest absolute Gasteiger partial charge is 0.451 e. The summed E-state index contributed by atoms with van der Waals surface area (Å²) in [6.45, 7) is 3.64. The first-order valence-corrected chi connectivity index (χ1v) is 8.55. The van der Waals surface area contributed by atoms with Crippen LogP contribution in [0.15, 0.2) is 48.4 Å². The first kappa shape index (κ1) is 19.1. The Morgan fingerprint density at radius 3 is 2.73 bits per heavy atom. The fourth-order valence-corrected chi connectivity index (χ4v) is 2.48. The summed E-state index contributed by atoms with van der Waals surface area (Å²) in [5, 5.41) is 9.59. The molecule has 3 N–H and O–H groups in total. The molecule has 0 aliphatic rings. The summed E-state index contributed by atoms with van der Waals surface area (Å²) in [6, 6.07) is 9.06. The lowest BCUT2D eigenvalue weighted by Gasteiger charge is -2.05. The number of carbonyl (C=O) groups excluding carboxylic acids is 3. The quantitative estimate of drug-likeness (QED) is 0.481. The maximum atomic E-state index is 11.9. The molecule has 3 amide bonds. The van der Waals surface area contributed by atoms with E-state index >= 15 is 0 Å². The van der Waals surface area contributed by atoms with Crippen molar-refractivity contribution in [3.63, 3.8) is 0 Å². The standard InChI is InChI=1S/C17H18N4O4S/c1-2-8-18-16(24)21-14(22)10-25-15(23)13-11-26-17(20-13)19-9-12-6-4-3-5-7-12/h2-7,11H,1,8-10H2,(H,19,20)(H2,18,21,22,24). The summed E-state index contributed by atoms with van der Waals surface area (Å²) >= 11 is 1.25. The number of anilines is 1. The van der Waals surface area contributed by atoms with Gasteiger partial charge in [-0.05, 0) is 5.56 Å². The molecule has 2 aromatic rings. The fraction of sp³-hybridized carbons (Fsp3) is 0.176. The van der Waals surface area contributed by atoms with E-state index in [0.29, 0.717) is 11.7 Å². The van der Waals surface area contributed by atoms with Crippen molar-refractivity contribution in [2.75, 3.05) is 18.5 Å². The van der Waals surface area contributed by atoms with Crippen LogP contribution in [-0.4, -0.2) is 36.0 Å². The summed E-state index contributed by atoms with van der Waals surface area (Å²) in [5.41, 5.74) is 1.17. The van der Waals surface area contributed by atoms with E-state index in [1.165, 1.54) is 22.8 Å². The van der Waals surface area contributed by atoms with Gasteiger partial charge in [0.2, 0.25) is 0 Å².